The molecule has 3 fully saturated rings. The van der Waals surface area contributed by atoms with Gasteiger partial charge in [0.15, 0.2) is 5.69 Å². The molecule has 1 aromatic heterocycles. The molecule has 3 heterocycles. The number of amides is 1. The zero-order valence-electron chi connectivity index (χ0n) is 17.3. The average molecular weight is 425 g/mol. The average Bonchev–Trinajstić information content (AvgIpc) is 3.41. The molecule has 2 saturated heterocycles. The molecule has 3 aliphatic rings. The van der Waals surface area contributed by atoms with Crippen molar-refractivity contribution in [3.8, 4) is 0 Å². The van der Waals surface area contributed by atoms with Gasteiger partial charge >= 0.3 is 0 Å². The lowest BCUT2D eigenvalue weighted by Crippen LogP contribution is -2.56. The minimum absolute atomic E-state index is 0.0350. The Bertz CT molecular complexity index is 829. The topological polar surface area (TPSA) is 105 Å². The molecule has 8 nitrogen and oxygen atoms in total. The van der Waals surface area contributed by atoms with Crippen molar-refractivity contribution >= 4 is 15.9 Å². The summed E-state index contributed by atoms with van der Waals surface area (Å²) in [7, 11) is -3.30. The molecule has 3 atom stereocenters. The summed E-state index contributed by atoms with van der Waals surface area (Å²) in [4.78, 5) is 12.6. The fourth-order valence-electron chi connectivity index (χ4n) is 4.54. The first kappa shape index (κ1) is 20.8. The first-order valence-corrected chi connectivity index (χ1v) is 12.4. The van der Waals surface area contributed by atoms with Crippen molar-refractivity contribution in [3.63, 3.8) is 0 Å². The summed E-state index contributed by atoms with van der Waals surface area (Å²) in [6, 6.07) is 1.52. The molecule has 1 aromatic rings. The molecule has 0 bridgehead atoms. The molecular formula is C20H32N4O4S. The van der Waals surface area contributed by atoms with E-state index < -0.39 is 10.0 Å². The van der Waals surface area contributed by atoms with E-state index in [1.54, 1.807) is 10.4 Å². The Morgan fingerprint density at radius 3 is 2.69 bits per heavy atom. The maximum Gasteiger partial charge on any atom is 0.273 e. The van der Waals surface area contributed by atoms with Crippen LogP contribution in [0.1, 0.15) is 68.1 Å². The minimum atomic E-state index is -3.30. The number of piperidine rings is 2. The third kappa shape index (κ3) is 4.83. The second kappa shape index (κ2) is 8.35. The Kier molecular flexibility index (Phi) is 5.99. The number of nitrogens with one attached hydrogen (secondary N) is 2. The zero-order chi connectivity index (χ0) is 20.6. The van der Waals surface area contributed by atoms with Crippen LogP contribution in [-0.4, -0.2) is 61.3 Å². The van der Waals surface area contributed by atoms with Crippen molar-refractivity contribution in [1.82, 2.24) is 20.1 Å². The van der Waals surface area contributed by atoms with Crippen LogP contribution in [0.25, 0.3) is 0 Å². The highest BCUT2D eigenvalue weighted by Gasteiger charge is 2.39. The Balaban J connectivity index is 1.35. The third-order valence-electron chi connectivity index (χ3n) is 6.56. The van der Waals surface area contributed by atoms with Gasteiger partial charge < -0.3 is 15.2 Å². The second-order valence-corrected chi connectivity index (χ2v) is 11.0. The van der Waals surface area contributed by atoms with Gasteiger partial charge in [-0.3, -0.25) is 4.79 Å². The molecule has 1 aliphatic carbocycles. The van der Waals surface area contributed by atoms with E-state index in [9.17, 15) is 13.2 Å². The molecule has 0 spiro atoms. The van der Waals surface area contributed by atoms with E-state index in [1.807, 2.05) is 13.8 Å². The summed E-state index contributed by atoms with van der Waals surface area (Å²) in [5, 5.41) is 10.2. The molecule has 9 heteroatoms. The summed E-state index contributed by atoms with van der Waals surface area (Å²) < 4.78 is 33.0. The molecule has 1 amide bonds. The third-order valence-corrected chi connectivity index (χ3v) is 8.68. The van der Waals surface area contributed by atoms with Crippen LogP contribution in [0, 0.1) is 11.8 Å². The second-order valence-electron chi connectivity index (χ2n) is 9.07. The predicted octanol–water partition coefficient (Wildman–Crippen LogP) is 1.71. The molecule has 2 N–H and O–H groups in total. The van der Waals surface area contributed by atoms with Gasteiger partial charge in [0.1, 0.15) is 5.76 Å². The minimum Gasteiger partial charge on any atom is -0.360 e. The molecular weight excluding hydrogens is 392 g/mol. The van der Waals surface area contributed by atoms with Crippen molar-refractivity contribution in [2.75, 3.05) is 25.4 Å². The van der Waals surface area contributed by atoms with E-state index in [4.69, 9.17) is 4.52 Å². The maximum atomic E-state index is 13.0. The van der Waals surface area contributed by atoms with Crippen LogP contribution >= 0.6 is 0 Å². The number of carbonyl (C=O) groups excluding carboxylic acids is 1. The van der Waals surface area contributed by atoms with Gasteiger partial charge in [0.25, 0.3) is 5.91 Å². The predicted molar refractivity (Wildman–Crippen MR) is 109 cm³/mol. The number of rotatable bonds is 6. The van der Waals surface area contributed by atoms with Crippen LogP contribution < -0.4 is 10.6 Å². The fourth-order valence-corrected chi connectivity index (χ4v) is 6.76. The number of carbonyl (C=O) groups is 1. The van der Waals surface area contributed by atoms with Gasteiger partial charge in [-0.15, -0.1) is 0 Å². The van der Waals surface area contributed by atoms with E-state index in [1.165, 1.54) is 0 Å². The van der Waals surface area contributed by atoms with Crippen molar-refractivity contribution in [1.29, 1.82) is 0 Å². The maximum absolute atomic E-state index is 13.0. The number of hydrogen-bond acceptors (Lipinski definition) is 6. The first-order valence-electron chi connectivity index (χ1n) is 10.8. The van der Waals surface area contributed by atoms with Crippen LogP contribution in [0.3, 0.4) is 0 Å². The lowest BCUT2D eigenvalue weighted by Gasteiger charge is -2.41. The van der Waals surface area contributed by atoms with E-state index in [0.29, 0.717) is 24.6 Å². The van der Waals surface area contributed by atoms with E-state index in [-0.39, 0.29) is 35.6 Å². The summed E-state index contributed by atoms with van der Waals surface area (Å²) >= 11 is 0. The number of nitrogens with zero attached hydrogens (tertiary/aromatic N) is 2. The molecule has 162 valence electrons. The Morgan fingerprint density at radius 1 is 1.28 bits per heavy atom. The molecule has 0 unspecified atom stereocenters. The standard InChI is InChI=1S/C20H32N4O4S/c1-13-11-24(29(26,27)12-15-5-7-21-8-6-15)14(2)9-17(13)22-20(25)18-10-19(28-23-18)16-3-4-16/h10,13-17,21H,3-9,11-12H2,1-2H3,(H,22,25)/t13-,14-,17+/m0/s1. The monoisotopic (exact) mass is 424 g/mol. The molecule has 2 aliphatic heterocycles. The van der Waals surface area contributed by atoms with E-state index >= 15 is 0 Å². The van der Waals surface area contributed by atoms with Crippen LogP contribution in [0.2, 0.25) is 0 Å². The Labute approximate surface area is 172 Å². The smallest absolute Gasteiger partial charge is 0.273 e. The molecule has 1 saturated carbocycles. The van der Waals surface area contributed by atoms with Crippen molar-refractivity contribution in [2.24, 2.45) is 11.8 Å². The van der Waals surface area contributed by atoms with E-state index in [2.05, 4.69) is 15.8 Å². The SMILES string of the molecule is C[C@H]1CN(S(=O)(=O)CC2CCNCC2)[C@@H](C)C[C@H]1NC(=O)c1cc(C2CC2)on1. The van der Waals surface area contributed by atoms with Gasteiger partial charge in [0.2, 0.25) is 10.0 Å². The Morgan fingerprint density at radius 2 is 2.00 bits per heavy atom. The van der Waals surface area contributed by atoms with Crippen molar-refractivity contribution < 1.29 is 17.7 Å². The number of sulfonamides is 1. The summed E-state index contributed by atoms with van der Waals surface area (Å²) in [5.41, 5.74) is 0.313. The first-order chi connectivity index (χ1) is 13.8. The van der Waals surface area contributed by atoms with Gasteiger partial charge in [-0.1, -0.05) is 12.1 Å². The molecule has 4 rings (SSSR count). The van der Waals surface area contributed by atoms with Crippen LogP contribution in [0.15, 0.2) is 10.6 Å². The van der Waals surface area contributed by atoms with Gasteiger partial charge in [-0.2, -0.15) is 4.31 Å². The number of hydrogen-bond donors (Lipinski definition) is 2. The Hall–Kier alpha value is -1.45. The lowest BCUT2D eigenvalue weighted by atomic mass is 9.91. The van der Waals surface area contributed by atoms with Crippen LogP contribution in [0.5, 0.6) is 0 Å². The molecule has 0 aromatic carbocycles. The van der Waals surface area contributed by atoms with Gasteiger partial charge in [-0.25, -0.2) is 8.42 Å². The van der Waals surface area contributed by atoms with Crippen molar-refractivity contribution in [3.05, 3.63) is 17.5 Å². The normalized spacial score (nSPS) is 29.7. The highest BCUT2D eigenvalue weighted by Crippen LogP contribution is 2.40. The molecule has 29 heavy (non-hydrogen) atoms. The lowest BCUT2D eigenvalue weighted by molar-refractivity contribution is 0.0870. The van der Waals surface area contributed by atoms with E-state index in [0.717, 1.165) is 44.5 Å². The van der Waals surface area contributed by atoms with Gasteiger partial charge in [0, 0.05) is 30.6 Å². The molecule has 0 radical (unpaired) electrons. The van der Waals surface area contributed by atoms with Gasteiger partial charge in [-0.05, 0) is 64.0 Å². The van der Waals surface area contributed by atoms with Crippen LogP contribution in [0.4, 0.5) is 0 Å². The van der Waals surface area contributed by atoms with Gasteiger partial charge in [0.05, 0.1) is 5.75 Å². The fraction of sp³-hybridized carbons (Fsp3) is 0.800. The quantitative estimate of drug-likeness (QED) is 0.720. The summed E-state index contributed by atoms with van der Waals surface area (Å²) in [5.74, 6) is 1.45. The number of aromatic nitrogens is 1. The highest BCUT2D eigenvalue weighted by molar-refractivity contribution is 7.89. The zero-order valence-corrected chi connectivity index (χ0v) is 18.1. The summed E-state index contributed by atoms with van der Waals surface area (Å²) in [6.45, 7) is 6.16. The van der Waals surface area contributed by atoms with Crippen LogP contribution in [-0.2, 0) is 10.0 Å². The van der Waals surface area contributed by atoms with Crippen molar-refractivity contribution in [2.45, 2.75) is 64.0 Å². The highest BCUT2D eigenvalue weighted by atomic mass is 32.2. The summed E-state index contributed by atoms with van der Waals surface area (Å²) in [6.07, 6.45) is 4.61. The largest absolute Gasteiger partial charge is 0.360 e.